The number of dihydropyridines is 1. The predicted molar refractivity (Wildman–Crippen MR) is 173 cm³/mol. The van der Waals surface area contributed by atoms with Crippen molar-refractivity contribution in [1.82, 2.24) is 5.32 Å². The maximum absolute atomic E-state index is 14.0. The Morgan fingerprint density at radius 3 is 2.42 bits per heavy atom. The van der Waals surface area contributed by atoms with Crippen LogP contribution in [0.25, 0.3) is 0 Å². The van der Waals surface area contributed by atoms with E-state index < -0.39 is 48.4 Å². The minimum absolute atomic E-state index is 0.0324. The van der Waals surface area contributed by atoms with E-state index in [1.54, 1.807) is 12.1 Å². The Labute approximate surface area is 276 Å². The number of phenolic OH excluding ortho intramolecular Hbond substituents is 1. The molecular formula is C36H38N2O10. The fourth-order valence-electron chi connectivity index (χ4n) is 6.52. The average Bonchev–Trinajstić information content (AvgIpc) is 3.09. The number of carbonyl (C=O) groups is 2. The van der Waals surface area contributed by atoms with Crippen molar-refractivity contribution in [3.8, 4) is 17.2 Å². The van der Waals surface area contributed by atoms with Gasteiger partial charge in [-0.3, -0.25) is 9.59 Å². The molecule has 0 spiro atoms. The number of allylic oxidation sites excluding steroid dienone is 2. The minimum Gasteiger partial charge on any atom is -0.507 e. The number of fused-ring (bicyclic) bond motifs is 2. The molecule has 1 aliphatic carbocycles. The van der Waals surface area contributed by atoms with E-state index in [0.29, 0.717) is 30.8 Å². The molecule has 5 atom stereocenters. The number of nitrogens with two attached hydrogens (primary N) is 1. The average molecular weight is 659 g/mol. The maximum Gasteiger partial charge on any atom is 0.229 e. The second kappa shape index (κ2) is 13.4. The van der Waals surface area contributed by atoms with Gasteiger partial charge in [0.05, 0.1) is 30.7 Å². The smallest absolute Gasteiger partial charge is 0.229 e. The van der Waals surface area contributed by atoms with E-state index in [9.17, 15) is 35.1 Å². The number of aromatic hydroxyl groups is 1. The molecule has 0 amide bonds. The van der Waals surface area contributed by atoms with Crippen molar-refractivity contribution in [2.45, 2.75) is 55.9 Å². The molecule has 48 heavy (non-hydrogen) atoms. The van der Waals surface area contributed by atoms with Crippen LogP contribution < -0.4 is 20.5 Å². The van der Waals surface area contributed by atoms with Crippen LogP contribution in [0.2, 0.25) is 0 Å². The molecule has 6 rings (SSSR count). The maximum atomic E-state index is 14.0. The highest BCUT2D eigenvalue weighted by molar-refractivity contribution is 6.30. The van der Waals surface area contributed by atoms with E-state index in [4.69, 9.17) is 19.9 Å². The Morgan fingerprint density at radius 1 is 0.979 bits per heavy atom. The quantitative estimate of drug-likeness (QED) is 0.130. The molecule has 0 saturated carbocycles. The van der Waals surface area contributed by atoms with Gasteiger partial charge >= 0.3 is 0 Å². The molecule has 252 valence electrons. The molecule has 3 aliphatic rings. The zero-order valence-electron chi connectivity index (χ0n) is 26.3. The van der Waals surface area contributed by atoms with E-state index in [-0.39, 0.29) is 52.3 Å². The van der Waals surface area contributed by atoms with Crippen molar-refractivity contribution in [2.24, 2.45) is 5.73 Å². The van der Waals surface area contributed by atoms with Gasteiger partial charge in [-0.25, -0.2) is 0 Å². The first kappa shape index (κ1) is 33.2. The third kappa shape index (κ3) is 6.16. The van der Waals surface area contributed by atoms with Crippen LogP contribution in [0.3, 0.4) is 0 Å². The zero-order chi connectivity index (χ0) is 34.2. The fourth-order valence-corrected chi connectivity index (χ4v) is 6.52. The van der Waals surface area contributed by atoms with Crippen molar-refractivity contribution >= 4 is 11.6 Å². The van der Waals surface area contributed by atoms with Crippen LogP contribution in [0.15, 0.2) is 78.1 Å². The number of hydrogen-bond donors (Lipinski definition) is 7. The number of ketones is 2. The Hall–Kier alpha value is -4.72. The van der Waals surface area contributed by atoms with Gasteiger partial charge in [-0.05, 0) is 66.7 Å². The summed E-state index contributed by atoms with van der Waals surface area (Å²) >= 11 is 0. The summed E-state index contributed by atoms with van der Waals surface area (Å²) in [6.07, 6.45) is -1.88. The van der Waals surface area contributed by atoms with Gasteiger partial charge in [0.25, 0.3) is 0 Å². The summed E-state index contributed by atoms with van der Waals surface area (Å²) in [5.74, 6) is -1.23. The molecule has 1 saturated heterocycles. The molecule has 0 aromatic heterocycles. The highest BCUT2D eigenvalue weighted by Crippen LogP contribution is 2.42. The standard InChI is InChI=1S/C36H38N2O10/c1-46-22-16-24-30(32(42)29-23(31(24)41)13-21(14-25(29)40)8-7-19-5-3-2-4-6-19)26(17-22)47-35-33(43)34(44)36(45,27(18-39)48-35)11-9-20-10-12-38-28(37)15-20/h2-6,10,13-17,27,33-35,38-40,43-45H,7-9,11-12,18,37H2,1H3/t27-,33-,34-,35-,36-/m1/s1. The number of nitrogens with one attached hydrogen (secondary N) is 1. The molecule has 3 aromatic carbocycles. The lowest BCUT2D eigenvalue weighted by Gasteiger charge is -2.48. The molecule has 2 aliphatic heterocycles. The van der Waals surface area contributed by atoms with Gasteiger partial charge < -0.3 is 50.8 Å². The van der Waals surface area contributed by atoms with Gasteiger partial charge in [0, 0.05) is 23.7 Å². The first-order valence-electron chi connectivity index (χ1n) is 15.7. The number of methoxy groups -OCH3 is 1. The van der Waals surface area contributed by atoms with Crippen LogP contribution in [-0.4, -0.2) is 87.6 Å². The number of benzene rings is 3. The summed E-state index contributed by atoms with van der Waals surface area (Å²) in [5.41, 5.74) is 5.88. The summed E-state index contributed by atoms with van der Waals surface area (Å²) < 4.78 is 17.2. The molecule has 12 nitrogen and oxygen atoms in total. The minimum atomic E-state index is -2.08. The van der Waals surface area contributed by atoms with Crippen LogP contribution in [0.1, 0.15) is 55.8 Å². The van der Waals surface area contributed by atoms with E-state index in [1.165, 1.54) is 25.3 Å². The number of aliphatic hydroxyl groups is 4. The SMILES string of the molecule is COc1cc(O[C@@H]2O[C@H](CO)[C@](O)(CCC3=CCNC(N)=C3)[C@H](O)[C@H]2O)c2c(c1)C(=O)c1cc(CCc3ccccc3)cc(O)c1C2=O. The van der Waals surface area contributed by atoms with Crippen molar-refractivity contribution in [3.05, 3.63) is 112 Å². The molecule has 1 fully saturated rings. The summed E-state index contributed by atoms with van der Waals surface area (Å²) in [7, 11) is 1.36. The summed E-state index contributed by atoms with van der Waals surface area (Å²) in [4.78, 5) is 27.9. The molecule has 2 heterocycles. The summed E-state index contributed by atoms with van der Waals surface area (Å²) in [6, 6.07) is 15.5. The van der Waals surface area contributed by atoms with E-state index in [1.807, 2.05) is 36.4 Å². The zero-order valence-corrected chi connectivity index (χ0v) is 26.3. The summed E-state index contributed by atoms with van der Waals surface area (Å²) in [6.45, 7) is -0.249. The van der Waals surface area contributed by atoms with Gasteiger partial charge in [0.1, 0.15) is 41.2 Å². The lowest BCUT2D eigenvalue weighted by atomic mass is 9.79. The Morgan fingerprint density at radius 2 is 1.71 bits per heavy atom. The molecule has 0 unspecified atom stereocenters. The predicted octanol–water partition coefficient (Wildman–Crippen LogP) is 1.62. The van der Waals surface area contributed by atoms with Crippen LogP contribution in [0, 0.1) is 0 Å². The number of hydrogen-bond acceptors (Lipinski definition) is 12. The lowest BCUT2D eigenvalue weighted by Crippen LogP contribution is -2.67. The monoisotopic (exact) mass is 658 g/mol. The van der Waals surface area contributed by atoms with Crippen molar-refractivity contribution in [3.63, 3.8) is 0 Å². The molecule has 12 heteroatoms. The largest absolute Gasteiger partial charge is 0.507 e. The van der Waals surface area contributed by atoms with Crippen LogP contribution in [0.4, 0.5) is 0 Å². The Balaban J connectivity index is 1.27. The normalized spacial score (nSPS) is 24.9. The number of aryl methyl sites for hydroxylation is 2. The Bertz CT molecular complexity index is 1780. The summed E-state index contributed by atoms with van der Waals surface area (Å²) in [5, 5.41) is 57.9. The van der Waals surface area contributed by atoms with Gasteiger partial charge in [-0.15, -0.1) is 0 Å². The van der Waals surface area contributed by atoms with Gasteiger partial charge in [0.15, 0.2) is 5.78 Å². The highest BCUT2D eigenvalue weighted by atomic mass is 16.7. The molecular weight excluding hydrogens is 620 g/mol. The fraction of sp³-hybridized carbons (Fsp3) is 0.333. The van der Waals surface area contributed by atoms with Crippen LogP contribution in [-0.2, 0) is 17.6 Å². The molecule has 0 bridgehead atoms. The molecule has 0 radical (unpaired) electrons. The van der Waals surface area contributed by atoms with E-state index >= 15 is 0 Å². The topological polar surface area (TPSA) is 201 Å². The third-order valence-electron chi connectivity index (χ3n) is 9.18. The van der Waals surface area contributed by atoms with Gasteiger partial charge in [-0.2, -0.15) is 0 Å². The number of aliphatic hydroxyl groups excluding tert-OH is 3. The van der Waals surface area contributed by atoms with Crippen molar-refractivity contribution in [2.75, 3.05) is 20.3 Å². The number of rotatable bonds is 10. The number of ether oxygens (including phenoxy) is 3. The second-order valence-electron chi connectivity index (χ2n) is 12.2. The van der Waals surface area contributed by atoms with Gasteiger partial charge in [0.2, 0.25) is 12.1 Å². The molecule has 8 N–H and O–H groups in total. The number of phenols is 1. The lowest BCUT2D eigenvalue weighted by molar-refractivity contribution is -0.314. The van der Waals surface area contributed by atoms with Crippen LogP contribution in [0.5, 0.6) is 17.2 Å². The van der Waals surface area contributed by atoms with Crippen molar-refractivity contribution in [1.29, 1.82) is 0 Å². The highest BCUT2D eigenvalue weighted by Gasteiger charge is 2.55. The van der Waals surface area contributed by atoms with Gasteiger partial charge in [-0.1, -0.05) is 36.4 Å². The first-order chi connectivity index (χ1) is 23.0. The number of carbonyl (C=O) groups excluding carboxylic acids is 2. The first-order valence-corrected chi connectivity index (χ1v) is 15.7. The third-order valence-corrected chi connectivity index (χ3v) is 9.18. The van der Waals surface area contributed by atoms with Crippen LogP contribution >= 0.6 is 0 Å². The second-order valence-corrected chi connectivity index (χ2v) is 12.2. The molecule has 3 aromatic rings. The van der Waals surface area contributed by atoms with E-state index in [2.05, 4.69) is 5.32 Å². The van der Waals surface area contributed by atoms with E-state index in [0.717, 1.165) is 11.1 Å². The Kier molecular flexibility index (Phi) is 9.28. The van der Waals surface area contributed by atoms with Crippen molar-refractivity contribution < 1.29 is 49.3 Å².